The molecule has 1 aromatic heterocycles. The van der Waals surface area contributed by atoms with Crippen LogP contribution in [0, 0.1) is 0 Å². The highest BCUT2D eigenvalue weighted by Gasteiger charge is 2.08. The second-order valence-electron chi connectivity index (χ2n) is 3.47. The van der Waals surface area contributed by atoms with Gasteiger partial charge in [-0.05, 0) is 24.0 Å². The van der Waals surface area contributed by atoms with Gasteiger partial charge in [-0.3, -0.25) is 5.10 Å². The molecule has 0 aliphatic rings. The third kappa shape index (κ3) is 1.16. The average Bonchev–Trinajstić information content (AvgIpc) is 2.68. The number of aromatic amines is 1. The second kappa shape index (κ2) is 3.33. The molecule has 74 valence electrons. The van der Waals surface area contributed by atoms with Gasteiger partial charge in [0, 0.05) is 5.39 Å². The molecule has 0 bridgehead atoms. The molecule has 0 fully saturated rings. The lowest BCUT2D eigenvalue weighted by atomic mass is 10.0. The van der Waals surface area contributed by atoms with E-state index in [9.17, 15) is 0 Å². The van der Waals surface area contributed by atoms with E-state index >= 15 is 0 Å². The van der Waals surface area contributed by atoms with Crippen LogP contribution in [0.25, 0.3) is 10.9 Å². The molecule has 0 atom stereocenters. The molecule has 0 amide bonds. The number of aryl methyl sites for hydroxylation is 2. The van der Waals surface area contributed by atoms with Crippen molar-refractivity contribution in [2.24, 2.45) is 0 Å². The fourth-order valence-electron chi connectivity index (χ4n) is 1.85. The van der Waals surface area contributed by atoms with Crippen molar-refractivity contribution in [1.29, 1.82) is 0 Å². The molecule has 1 aromatic carbocycles. The van der Waals surface area contributed by atoms with Gasteiger partial charge in [0.25, 0.3) is 0 Å². The Kier molecular flexibility index (Phi) is 2.15. The lowest BCUT2D eigenvalue weighted by molar-refractivity contribution is 1.10. The van der Waals surface area contributed by atoms with Crippen LogP contribution in [0.5, 0.6) is 0 Å². The highest BCUT2D eigenvalue weighted by molar-refractivity contribution is 5.93. The number of rotatable bonds is 2. The molecule has 2 rings (SSSR count). The molecule has 0 saturated carbocycles. The third-order valence-electron chi connectivity index (χ3n) is 2.71. The maximum Gasteiger partial charge on any atom is 0.0885 e. The molecular formula is C11H15N3. The molecule has 1 heterocycles. The van der Waals surface area contributed by atoms with E-state index in [-0.39, 0.29) is 0 Å². The van der Waals surface area contributed by atoms with Gasteiger partial charge in [0.05, 0.1) is 17.4 Å². The number of H-pyrrole nitrogens is 1. The molecule has 3 nitrogen and oxygen atoms in total. The third-order valence-corrected chi connectivity index (χ3v) is 2.71. The second-order valence-corrected chi connectivity index (χ2v) is 3.47. The van der Waals surface area contributed by atoms with Crippen molar-refractivity contribution in [2.45, 2.75) is 26.7 Å². The minimum atomic E-state index is 0.845. The van der Waals surface area contributed by atoms with Crippen LogP contribution in [0.1, 0.15) is 25.0 Å². The van der Waals surface area contributed by atoms with Crippen LogP contribution in [-0.2, 0) is 12.8 Å². The Bertz CT molecular complexity index is 457. The fourth-order valence-corrected chi connectivity index (χ4v) is 1.85. The van der Waals surface area contributed by atoms with Gasteiger partial charge in [-0.2, -0.15) is 5.10 Å². The molecule has 3 heteroatoms. The molecule has 0 spiro atoms. The Morgan fingerprint density at radius 3 is 2.64 bits per heavy atom. The quantitative estimate of drug-likeness (QED) is 0.712. The molecule has 0 radical (unpaired) electrons. The zero-order valence-electron chi connectivity index (χ0n) is 8.59. The minimum absolute atomic E-state index is 0.845. The van der Waals surface area contributed by atoms with Crippen LogP contribution in [0.4, 0.5) is 5.69 Å². The number of nitrogens with one attached hydrogen (secondary N) is 1. The first kappa shape index (κ1) is 9.06. The zero-order valence-corrected chi connectivity index (χ0v) is 8.59. The molecule has 0 unspecified atom stereocenters. The van der Waals surface area contributed by atoms with Gasteiger partial charge < -0.3 is 5.73 Å². The summed E-state index contributed by atoms with van der Waals surface area (Å²) in [7, 11) is 0. The van der Waals surface area contributed by atoms with Crippen LogP contribution >= 0.6 is 0 Å². The molecule has 14 heavy (non-hydrogen) atoms. The van der Waals surface area contributed by atoms with E-state index in [0.29, 0.717) is 0 Å². The predicted molar refractivity (Wildman–Crippen MR) is 59.3 cm³/mol. The van der Waals surface area contributed by atoms with E-state index in [1.165, 1.54) is 11.1 Å². The van der Waals surface area contributed by atoms with Gasteiger partial charge in [-0.15, -0.1) is 0 Å². The minimum Gasteiger partial charge on any atom is -0.397 e. The lowest BCUT2D eigenvalue weighted by Crippen LogP contribution is -1.96. The number of nitrogens with zero attached hydrogens (tertiary/aromatic N) is 1. The van der Waals surface area contributed by atoms with E-state index in [4.69, 9.17) is 5.73 Å². The van der Waals surface area contributed by atoms with Gasteiger partial charge in [-0.25, -0.2) is 0 Å². The Morgan fingerprint density at radius 2 is 2.00 bits per heavy atom. The highest BCUT2D eigenvalue weighted by Crippen LogP contribution is 2.27. The van der Waals surface area contributed by atoms with Gasteiger partial charge in [0.15, 0.2) is 0 Å². The maximum atomic E-state index is 6.03. The first-order valence-corrected chi connectivity index (χ1v) is 5.01. The summed E-state index contributed by atoms with van der Waals surface area (Å²) in [5.74, 6) is 0. The lowest BCUT2D eigenvalue weighted by Gasteiger charge is -2.07. The van der Waals surface area contributed by atoms with Gasteiger partial charge in [0.2, 0.25) is 0 Å². The first-order valence-electron chi connectivity index (χ1n) is 5.01. The zero-order chi connectivity index (χ0) is 10.1. The van der Waals surface area contributed by atoms with Crippen LogP contribution in [0.2, 0.25) is 0 Å². The number of fused-ring (bicyclic) bond motifs is 1. The summed E-state index contributed by atoms with van der Waals surface area (Å²) in [6.45, 7) is 4.27. The summed E-state index contributed by atoms with van der Waals surface area (Å²) in [6.07, 6.45) is 3.83. The van der Waals surface area contributed by atoms with E-state index in [0.717, 1.165) is 29.4 Å². The van der Waals surface area contributed by atoms with E-state index in [1.54, 1.807) is 0 Å². The van der Waals surface area contributed by atoms with Crippen LogP contribution in [-0.4, -0.2) is 10.2 Å². The Balaban J connectivity index is 2.80. The summed E-state index contributed by atoms with van der Waals surface area (Å²) >= 11 is 0. The van der Waals surface area contributed by atoms with Crippen molar-refractivity contribution in [3.8, 4) is 0 Å². The maximum absolute atomic E-state index is 6.03. The fraction of sp³-hybridized carbons (Fsp3) is 0.364. The Labute approximate surface area is 83.3 Å². The van der Waals surface area contributed by atoms with Crippen LogP contribution in [0.15, 0.2) is 12.3 Å². The van der Waals surface area contributed by atoms with Crippen molar-refractivity contribution >= 4 is 16.6 Å². The number of nitrogens with two attached hydrogens (primary N) is 1. The molecule has 0 aliphatic heterocycles. The number of hydrogen-bond donors (Lipinski definition) is 2. The number of benzene rings is 1. The number of aromatic nitrogens is 2. The van der Waals surface area contributed by atoms with Crippen molar-refractivity contribution in [3.63, 3.8) is 0 Å². The molecule has 3 N–H and O–H groups in total. The SMILES string of the molecule is CCc1cc(CC)c2cn[nH]c2c1N. The van der Waals surface area contributed by atoms with Crippen LogP contribution < -0.4 is 5.73 Å². The highest BCUT2D eigenvalue weighted by atomic mass is 15.1. The molecule has 0 saturated heterocycles. The van der Waals surface area contributed by atoms with Crippen molar-refractivity contribution in [1.82, 2.24) is 10.2 Å². The summed E-state index contributed by atoms with van der Waals surface area (Å²) < 4.78 is 0. The van der Waals surface area contributed by atoms with Crippen molar-refractivity contribution in [2.75, 3.05) is 5.73 Å². The molecule has 2 aromatic rings. The Hall–Kier alpha value is -1.51. The number of nitrogen functional groups attached to an aromatic ring is 1. The number of hydrogen-bond acceptors (Lipinski definition) is 2. The summed E-state index contributed by atoms with van der Waals surface area (Å²) in [5.41, 5.74) is 10.4. The summed E-state index contributed by atoms with van der Waals surface area (Å²) in [5, 5.41) is 8.16. The molecule has 0 aliphatic carbocycles. The standard InChI is InChI=1S/C11H15N3/c1-3-7-5-8(4-2)10(12)11-9(7)6-13-14-11/h5-6H,3-4,12H2,1-2H3,(H,13,14). The monoisotopic (exact) mass is 189 g/mol. The van der Waals surface area contributed by atoms with Gasteiger partial charge in [-0.1, -0.05) is 19.9 Å². The normalized spacial score (nSPS) is 11.0. The summed E-state index contributed by atoms with van der Waals surface area (Å²) in [6, 6.07) is 2.19. The average molecular weight is 189 g/mol. The van der Waals surface area contributed by atoms with E-state index < -0.39 is 0 Å². The molecular weight excluding hydrogens is 174 g/mol. The van der Waals surface area contributed by atoms with Gasteiger partial charge in [0.1, 0.15) is 0 Å². The predicted octanol–water partition coefficient (Wildman–Crippen LogP) is 2.27. The van der Waals surface area contributed by atoms with E-state index in [1.807, 2.05) is 6.20 Å². The number of anilines is 1. The van der Waals surface area contributed by atoms with Crippen LogP contribution in [0.3, 0.4) is 0 Å². The largest absolute Gasteiger partial charge is 0.397 e. The van der Waals surface area contributed by atoms with E-state index in [2.05, 4.69) is 30.1 Å². The summed E-state index contributed by atoms with van der Waals surface area (Å²) in [4.78, 5) is 0. The Morgan fingerprint density at radius 1 is 1.29 bits per heavy atom. The first-order chi connectivity index (χ1) is 6.77. The van der Waals surface area contributed by atoms with Crippen molar-refractivity contribution in [3.05, 3.63) is 23.4 Å². The topological polar surface area (TPSA) is 54.7 Å². The smallest absolute Gasteiger partial charge is 0.0885 e. The van der Waals surface area contributed by atoms with Gasteiger partial charge >= 0.3 is 0 Å². The van der Waals surface area contributed by atoms with Crippen molar-refractivity contribution < 1.29 is 0 Å².